The maximum atomic E-state index is 14.2. The van der Waals surface area contributed by atoms with E-state index < -0.39 is 28.5 Å². The number of amides is 2. The molecule has 11 heteroatoms. The molecule has 0 aliphatic rings. The van der Waals surface area contributed by atoms with E-state index in [-0.39, 0.29) is 41.4 Å². The lowest BCUT2D eigenvalue weighted by molar-refractivity contribution is -0.140. The fourth-order valence-electron chi connectivity index (χ4n) is 4.23. The van der Waals surface area contributed by atoms with Gasteiger partial charge in [0.2, 0.25) is 21.8 Å². The Morgan fingerprint density at radius 3 is 2.27 bits per heavy atom. The fraction of sp³-hybridized carbons (Fsp3) is 0.333. The molecule has 0 saturated carbocycles. The van der Waals surface area contributed by atoms with Gasteiger partial charge in [-0.3, -0.25) is 13.9 Å². The molecule has 3 aromatic carbocycles. The Bertz CT molecular complexity index is 1440. The molecule has 3 rings (SSSR count). The van der Waals surface area contributed by atoms with Gasteiger partial charge in [-0.25, -0.2) is 8.42 Å². The highest BCUT2D eigenvalue weighted by molar-refractivity contribution is 9.10. The number of halogens is 2. The van der Waals surface area contributed by atoms with E-state index in [9.17, 15) is 18.0 Å². The zero-order valence-electron chi connectivity index (χ0n) is 23.5. The largest absolute Gasteiger partial charge is 0.495 e. The molecule has 0 bridgehead atoms. The highest BCUT2D eigenvalue weighted by atomic mass is 79.9. The van der Waals surface area contributed by atoms with Gasteiger partial charge in [0.25, 0.3) is 0 Å². The number of ether oxygens (including phenoxy) is 1. The zero-order chi connectivity index (χ0) is 30.2. The number of nitrogens with one attached hydrogen (secondary N) is 1. The molecule has 0 aliphatic heterocycles. The van der Waals surface area contributed by atoms with Crippen LogP contribution in [0.3, 0.4) is 0 Å². The topological polar surface area (TPSA) is 96.0 Å². The Kier molecular flexibility index (Phi) is 11.6. The summed E-state index contributed by atoms with van der Waals surface area (Å²) in [5, 5.41) is 3.29. The van der Waals surface area contributed by atoms with Gasteiger partial charge in [-0.2, -0.15) is 0 Å². The molecule has 41 heavy (non-hydrogen) atoms. The minimum atomic E-state index is -3.96. The SMILES string of the molecule is CC[C@H](C)NC(=O)[C@@H](Cc1ccccc1)N(Cc1ccc(Br)cc1)C(=O)CN(c1cc(Cl)ccc1OC)S(C)(=O)=O. The van der Waals surface area contributed by atoms with Crippen LogP contribution in [0.25, 0.3) is 0 Å². The summed E-state index contributed by atoms with van der Waals surface area (Å²) < 4.78 is 33.2. The zero-order valence-corrected chi connectivity index (χ0v) is 26.7. The summed E-state index contributed by atoms with van der Waals surface area (Å²) in [6.07, 6.45) is 1.96. The van der Waals surface area contributed by atoms with Gasteiger partial charge in [0.05, 0.1) is 19.1 Å². The van der Waals surface area contributed by atoms with Crippen molar-refractivity contribution in [1.82, 2.24) is 10.2 Å². The number of nitrogens with zero attached hydrogens (tertiary/aromatic N) is 2. The Balaban J connectivity index is 2.10. The average Bonchev–Trinajstić information content (AvgIpc) is 2.94. The molecule has 0 aromatic heterocycles. The predicted octanol–water partition coefficient (Wildman–Crippen LogP) is 5.43. The number of hydrogen-bond donors (Lipinski definition) is 1. The number of carbonyl (C=O) groups excluding carboxylic acids is 2. The average molecular weight is 665 g/mol. The highest BCUT2D eigenvalue weighted by Gasteiger charge is 2.34. The Hall–Kier alpha value is -3.08. The summed E-state index contributed by atoms with van der Waals surface area (Å²) >= 11 is 9.63. The molecule has 0 unspecified atom stereocenters. The second-order valence-electron chi connectivity index (χ2n) is 9.76. The maximum absolute atomic E-state index is 14.2. The second kappa shape index (κ2) is 14.7. The van der Waals surface area contributed by atoms with Crippen molar-refractivity contribution in [2.45, 2.75) is 45.3 Å². The number of rotatable bonds is 13. The molecule has 0 radical (unpaired) electrons. The van der Waals surface area contributed by atoms with E-state index in [4.69, 9.17) is 16.3 Å². The van der Waals surface area contributed by atoms with E-state index in [1.165, 1.54) is 24.1 Å². The Morgan fingerprint density at radius 2 is 1.68 bits per heavy atom. The molecule has 1 N–H and O–H groups in total. The molecule has 0 spiro atoms. The normalized spacial score (nSPS) is 12.7. The smallest absolute Gasteiger partial charge is 0.244 e. The van der Waals surface area contributed by atoms with E-state index in [0.29, 0.717) is 6.42 Å². The molecular weight excluding hydrogens is 630 g/mol. The molecule has 0 fully saturated rings. The van der Waals surface area contributed by atoms with E-state index in [1.54, 1.807) is 6.07 Å². The number of benzene rings is 3. The van der Waals surface area contributed by atoms with Crippen LogP contribution in [-0.2, 0) is 32.6 Å². The lowest BCUT2D eigenvalue weighted by atomic mass is 10.0. The maximum Gasteiger partial charge on any atom is 0.244 e. The van der Waals surface area contributed by atoms with Crippen molar-refractivity contribution < 1.29 is 22.7 Å². The summed E-state index contributed by atoms with van der Waals surface area (Å²) in [5.74, 6) is -0.636. The molecule has 0 heterocycles. The van der Waals surface area contributed by atoms with Crippen LogP contribution in [0.4, 0.5) is 5.69 Å². The van der Waals surface area contributed by atoms with Gasteiger partial charge in [-0.05, 0) is 54.8 Å². The second-order valence-corrected chi connectivity index (χ2v) is 13.0. The van der Waals surface area contributed by atoms with Crippen molar-refractivity contribution in [3.05, 3.63) is 93.4 Å². The molecule has 2 amide bonds. The van der Waals surface area contributed by atoms with Gasteiger partial charge in [0.1, 0.15) is 18.3 Å². The van der Waals surface area contributed by atoms with Crippen molar-refractivity contribution in [3.8, 4) is 5.75 Å². The van der Waals surface area contributed by atoms with Crippen LogP contribution in [0.15, 0.2) is 77.3 Å². The van der Waals surface area contributed by atoms with Crippen LogP contribution in [0.1, 0.15) is 31.4 Å². The van der Waals surface area contributed by atoms with Crippen molar-refractivity contribution >= 4 is 55.1 Å². The molecular formula is C30H35BrClN3O5S. The van der Waals surface area contributed by atoms with Crippen molar-refractivity contribution in [2.24, 2.45) is 0 Å². The van der Waals surface area contributed by atoms with E-state index in [2.05, 4.69) is 21.2 Å². The summed E-state index contributed by atoms with van der Waals surface area (Å²) in [6.45, 7) is 3.38. The van der Waals surface area contributed by atoms with Crippen molar-refractivity contribution in [3.63, 3.8) is 0 Å². The van der Waals surface area contributed by atoms with Gasteiger partial charge < -0.3 is 15.0 Å². The van der Waals surface area contributed by atoms with Gasteiger partial charge in [-0.1, -0.05) is 76.9 Å². The predicted molar refractivity (Wildman–Crippen MR) is 167 cm³/mol. The summed E-state index contributed by atoms with van der Waals surface area (Å²) in [7, 11) is -2.55. The summed E-state index contributed by atoms with van der Waals surface area (Å²) in [5.41, 5.74) is 1.77. The van der Waals surface area contributed by atoms with E-state index in [1.807, 2.05) is 68.4 Å². The quantitative estimate of drug-likeness (QED) is 0.263. The number of carbonyl (C=O) groups is 2. The molecule has 220 valence electrons. The van der Waals surface area contributed by atoms with Crippen molar-refractivity contribution in [1.29, 1.82) is 0 Å². The highest BCUT2D eigenvalue weighted by Crippen LogP contribution is 2.33. The standard InChI is InChI=1S/C30H35BrClN3O5S/c1-5-21(2)33-30(37)27(17-22-9-7-6-8-10-22)34(19-23-11-13-24(31)14-12-23)29(36)20-35(41(4,38)39)26-18-25(32)15-16-28(26)40-3/h6-16,18,21,27H,5,17,19-20H2,1-4H3,(H,33,37)/t21-,27+/m0/s1. The van der Waals surface area contributed by atoms with Crippen molar-refractivity contribution in [2.75, 3.05) is 24.2 Å². The van der Waals surface area contributed by atoms with Crippen LogP contribution in [0.2, 0.25) is 5.02 Å². The lowest BCUT2D eigenvalue weighted by Crippen LogP contribution is -2.54. The molecule has 8 nitrogen and oxygen atoms in total. The first-order chi connectivity index (χ1) is 19.4. The number of methoxy groups -OCH3 is 1. The van der Waals surface area contributed by atoms with Crippen LogP contribution in [-0.4, -0.2) is 57.1 Å². The fourth-order valence-corrected chi connectivity index (χ4v) is 5.51. The van der Waals surface area contributed by atoms with Crippen LogP contribution in [0, 0.1) is 0 Å². The number of sulfonamides is 1. The first-order valence-corrected chi connectivity index (χ1v) is 16.1. The Morgan fingerprint density at radius 1 is 1.02 bits per heavy atom. The molecule has 0 saturated heterocycles. The van der Waals surface area contributed by atoms with Crippen LogP contribution < -0.4 is 14.4 Å². The van der Waals surface area contributed by atoms with Crippen LogP contribution in [0.5, 0.6) is 5.75 Å². The lowest BCUT2D eigenvalue weighted by Gasteiger charge is -2.34. The van der Waals surface area contributed by atoms with E-state index in [0.717, 1.165) is 26.2 Å². The summed E-state index contributed by atoms with van der Waals surface area (Å²) in [6, 6.07) is 20.3. The number of hydrogen-bond acceptors (Lipinski definition) is 5. The monoisotopic (exact) mass is 663 g/mol. The third kappa shape index (κ3) is 9.21. The van der Waals surface area contributed by atoms with Gasteiger partial charge >= 0.3 is 0 Å². The Labute approximate surface area is 255 Å². The summed E-state index contributed by atoms with van der Waals surface area (Å²) in [4.78, 5) is 29.3. The van der Waals surface area contributed by atoms with Crippen LogP contribution >= 0.6 is 27.5 Å². The molecule has 3 aromatic rings. The third-order valence-corrected chi connectivity index (χ3v) is 8.52. The first-order valence-electron chi connectivity index (χ1n) is 13.1. The third-order valence-electron chi connectivity index (χ3n) is 6.63. The van der Waals surface area contributed by atoms with Gasteiger partial charge in [-0.15, -0.1) is 0 Å². The first kappa shape index (κ1) is 32.4. The minimum Gasteiger partial charge on any atom is -0.495 e. The number of anilines is 1. The van der Waals surface area contributed by atoms with Gasteiger partial charge in [0, 0.05) is 28.5 Å². The van der Waals surface area contributed by atoms with E-state index >= 15 is 0 Å². The van der Waals surface area contributed by atoms with Gasteiger partial charge in [0.15, 0.2) is 0 Å². The molecule has 2 atom stereocenters. The minimum absolute atomic E-state index is 0.0851. The molecule has 0 aliphatic carbocycles.